The van der Waals surface area contributed by atoms with Gasteiger partial charge in [-0.2, -0.15) is 0 Å². The van der Waals surface area contributed by atoms with Crippen LogP contribution in [-0.2, 0) is 4.79 Å². The highest BCUT2D eigenvalue weighted by atomic mass is 16.5. The first-order valence-electron chi connectivity index (χ1n) is 8.37. The molecular formula is C20H24N2O3. The Kier molecular flexibility index (Phi) is 6.57. The maximum Gasteiger partial charge on any atom is 0.262 e. The number of ether oxygens (including phenoxy) is 1. The number of amides is 2. The number of rotatable bonds is 7. The summed E-state index contributed by atoms with van der Waals surface area (Å²) in [5.74, 6) is 0.277. The van der Waals surface area contributed by atoms with Gasteiger partial charge in [0.25, 0.3) is 11.8 Å². The molecule has 5 nitrogen and oxygen atoms in total. The van der Waals surface area contributed by atoms with Crippen molar-refractivity contribution in [2.45, 2.75) is 27.2 Å². The molecule has 0 atom stereocenters. The van der Waals surface area contributed by atoms with E-state index in [4.69, 9.17) is 4.74 Å². The Morgan fingerprint density at radius 1 is 1.08 bits per heavy atom. The fourth-order valence-electron chi connectivity index (χ4n) is 2.28. The zero-order valence-electron chi connectivity index (χ0n) is 14.9. The van der Waals surface area contributed by atoms with E-state index in [0.29, 0.717) is 23.5 Å². The molecular weight excluding hydrogens is 316 g/mol. The summed E-state index contributed by atoms with van der Waals surface area (Å²) in [4.78, 5) is 24.1. The molecule has 0 unspecified atom stereocenters. The Balaban J connectivity index is 1.94. The van der Waals surface area contributed by atoms with Crippen molar-refractivity contribution in [2.75, 3.05) is 18.5 Å². The molecule has 5 heteroatoms. The number of nitrogens with one attached hydrogen (secondary N) is 2. The molecule has 0 spiro atoms. The van der Waals surface area contributed by atoms with Crippen LogP contribution in [0.2, 0.25) is 0 Å². The topological polar surface area (TPSA) is 67.4 Å². The third kappa shape index (κ3) is 5.64. The largest absolute Gasteiger partial charge is 0.483 e. The maximum absolute atomic E-state index is 12.1. The first-order valence-corrected chi connectivity index (χ1v) is 8.37. The fourth-order valence-corrected chi connectivity index (χ4v) is 2.28. The van der Waals surface area contributed by atoms with Crippen LogP contribution in [0.25, 0.3) is 0 Å². The second-order valence-electron chi connectivity index (χ2n) is 5.94. The Labute approximate surface area is 148 Å². The molecule has 25 heavy (non-hydrogen) atoms. The lowest BCUT2D eigenvalue weighted by atomic mass is 10.1. The number of benzene rings is 2. The molecule has 0 saturated heterocycles. The van der Waals surface area contributed by atoms with Crippen molar-refractivity contribution in [3.8, 4) is 5.75 Å². The number of carbonyl (C=O) groups is 2. The zero-order valence-corrected chi connectivity index (χ0v) is 14.9. The summed E-state index contributed by atoms with van der Waals surface area (Å²) in [5.41, 5.74) is 3.14. The molecule has 2 N–H and O–H groups in total. The van der Waals surface area contributed by atoms with Crippen LogP contribution >= 0.6 is 0 Å². The van der Waals surface area contributed by atoms with Gasteiger partial charge < -0.3 is 15.4 Å². The van der Waals surface area contributed by atoms with E-state index in [-0.39, 0.29) is 18.4 Å². The quantitative estimate of drug-likeness (QED) is 0.811. The zero-order chi connectivity index (χ0) is 18.2. The third-order valence-corrected chi connectivity index (χ3v) is 3.65. The summed E-state index contributed by atoms with van der Waals surface area (Å²) in [5, 5.41) is 5.56. The second kappa shape index (κ2) is 8.87. The number of hydrogen-bond acceptors (Lipinski definition) is 3. The van der Waals surface area contributed by atoms with Gasteiger partial charge in [-0.15, -0.1) is 0 Å². The van der Waals surface area contributed by atoms with E-state index in [9.17, 15) is 9.59 Å². The van der Waals surface area contributed by atoms with Crippen LogP contribution in [0.3, 0.4) is 0 Å². The summed E-state index contributed by atoms with van der Waals surface area (Å²) in [6, 6.07) is 12.7. The van der Waals surface area contributed by atoms with Crippen molar-refractivity contribution in [3.63, 3.8) is 0 Å². The molecule has 0 fully saturated rings. The minimum absolute atomic E-state index is 0.0868. The Bertz CT molecular complexity index is 756. The molecule has 0 heterocycles. The normalized spacial score (nSPS) is 10.2. The van der Waals surface area contributed by atoms with Gasteiger partial charge in [0.2, 0.25) is 0 Å². The SMILES string of the molecule is CCCNC(=O)c1cccc(NC(=O)COc2cc(C)ccc2C)c1. The van der Waals surface area contributed by atoms with E-state index in [1.54, 1.807) is 24.3 Å². The molecule has 132 valence electrons. The van der Waals surface area contributed by atoms with Crippen LogP contribution in [0.1, 0.15) is 34.8 Å². The van der Waals surface area contributed by atoms with Gasteiger partial charge in [0.05, 0.1) is 0 Å². The molecule has 2 aromatic carbocycles. The van der Waals surface area contributed by atoms with Crippen LogP contribution in [0, 0.1) is 13.8 Å². The van der Waals surface area contributed by atoms with E-state index in [2.05, 4.69) is 10.6 Å². The summed E-state index contributed by atoms with van der Waals surface area (Å²) in [6.45, 7) is 6.44. The molecule has 0 aromatic heterocycles. The minimum atomic E-state index is -0.271. The molecule has 0 radical (unpaired) electrons. The lowest BCUT2D eigenvalue weighted by molar-refractivity contribution is -0.118. The molecule has 0 bridgehead atoms. The van der Waals surface area contributed by atoms with Gasteiger partial charge in [-0.3, -0.25) is 9.59 Å². The van der Waals surface area contributed by atoms with Crippen LogP contribution in [-0.4, -0.2) is 25.0 Å². The van der Waals surface area contributed by atoms with Crippen LogP contribution in [0.15, 0.2) is 42.5 Å². The van der Waals surface area contributed by atoms with Gasteiger partial charge in [0, 0.05) is 17.8 Å². The van der Waals surface area contributed by atoms with Crippen molar-refractivity contribution in [3.05, 3.63) is 59.2 Å². The summed E-state index contributed by atoms with van der Waals surface area (Å²) < 4.78 is 5.59. The highest BCUT2D eigenvalue weighted by molar-refractivity contribution is 5.97. The van der Waals surface area contributed by atoms with Crippen molar-refractivity contribution < 1.29 is 14.3 Å². The van der Waals surface area contributed by atoms with E-state index < -0.39 is 0 Å². The summed E-state index contributed by atoms with van der Waals surface area (Å²) >= 11 is 0. The first kappa shape index (κ1) is 18.5. The standard InChI is InChI=1S/C20H24N2O3/c1-4-10-21-20(24)16-6-5-7-17(12-16)22-19(23)13-25-18-11-14(2)8-9-15(18)3/h5-9,11-12H,4,10,13H2,1-3H3,(H,21,24)(H,22,23). The van der Waals surface area contributed by atoms with Gasteiger partial charge in [0.1, 0.15) is 5.75 Å². The van der Waals surface area contributed by atoms with Gasteiger partial charge >= 0.3 is 0 Å². The number of hydrogen-bond donors (Lipinski definition) is 2. The van der Waals surface area contributed by atoms with Gasteiger partial charge in [0.15, 0.2) is 6.61 Å². The monoisotopic (exact) mass is 340 g/mol. The highest BCUT2D eigenvalue weighted by Crippen LogP contribution is 2.19. The van der Waals surface area contributed by atoms with Gasteiger partial charge in [-0.05, 0) is 55.7 Å². The van der Waals surface area contributed by atoms with Crippen LogP contribution < -0.4 is 15.4 Å². The molecule has 2 rings (SSSR count). The van der Waals surface area contributed by atoms with E-state index >= 15 is 0 Å². The van der Waals surface area contributed by atoms with E-state index in [1.807, 2.05) is 39.0 Å². The predicted molar refractivity (Wildman–Crippen MR) is 99.1 cm³/mol. The number of carbonyl (C=O) groups excluding carboxylic acids is 2. The van der Waals surface area contributed by atoms with Crippen molar-refractivity contribution in [1.29, 1.82) is 0 Å². The fraction of sp³-hybridized carbons (Fsp3) is 0.300. The maximum atomic E-state index is 12.1. The molecule has 0 aliphatic rings. The number of aryl methyl sites for hydroxylation is 2. The Hall–Kier alpha value is -2.82. The predicted octanol–water partition coefficient (Wildman–Crippen LogP) is 3.46. The summed E-state index contributed by atoms with van der Waals surface area (Å²) in [7, 11) is 0. The third-order valence-electron chi connectivity index (χ3n) is 3.65. The molecule has 0 aliphatic heterocycles. The van der Waals surface area contributed by atoms with Crippen molar-refractivity contribution >= 4 is 17.5 Å². The van der Waals surface area contributed by atoms with Crippen LogP contribution in [0.5, 0.6) is 5.75 Å². The molecule has 0 aliphatic carbocycles. The second-order valence-corrected chi connectivity index (χ2v) is 5.94. The lowest BCUT2D eigenvalue weighted by Crippen LogP contribution is -2.24. The number of anilines is 1. The van der Waals surface area contributed by atoms with Gasteiger partial charge in [-0.25, -0.2) is 0 Å². The van der Waals surface area contributed by atoms with Crippen molar-refractivity contribution in [1.82, 2.24) is 5.32 Å². The Morgan fingerprint density at radius 2 is 1.88 bits per heavy atom. The van der Waals surface area contributed by atoms with E-state index in [1.165, 1.54) is 0 Å². The minimum Gasteiger partial charge on any atom is -0.483 e. The molecule has 2 amide bonds. The average Bonchev–Trinajstić information content (AvgIpc) is 2.60. The molecule has 0 saturated carbocycles. The van der Waals surface area contributed by atoms with E-state index in [0.717, 1.165) is 17.5 Å². The summed E-state index contributed by atoms with van der Waals surface area (Å²) in [6.07, 6.45) is 0.873. The Morgan fingerprint density at radius 3 is 2.64 bits per heavy atom. The average molecular weight is 340 g/mol. The van der Waals surface area contributed by atoms with Crippen molar-refractivity contribution in [2.24, 2.45) is 0 Å². The smallest absolute Gasteiger partial charge is 0.262 e. The van der Waals surface area contributed by atoms with Crippen LogP contribution in [0.4, 0.5) is 5.69 Å². The van der Waals surface area contributed by atoms with Gasteiger partial charge in [-0.1, -0.05) is 25.1 Å². The molecule has 2 aromatic rings. The highest BCUT2D eigenvalue weighted by Gasteiger charge is 2.09. The first-order chi connectivity index (χ1) is 12.0. The lowest BCUT2D eigenvalue weighted by Gasteiger charge is -2.11.